The van der Waals surface area contributed by atoms with Gasteiger partial charge in [0.15, 0.2) is 0 Å². The number of hydrogen-bond acceptors (Lipinski definition) is 2. The van der Waals surface area contributed by atoms with Crippen LogP contribution < -0.4 is 0 Å². The third kappa shape index (κ3) is 2.93. The predicted octanol–water partition coefficient (Wildman–Crippen LogP) is 3.96. The van der Waals surface area contributed by atoms with Gasteiger partial charge in [-0.2, -0.15) is 5.26 Å². The summed E-state index contributed by atoms with van der Waals surface area (Å²) in [4.78, 5) is 4.31. The highest BCUT2D eigenvalue weighted by Crippen LogP contribution is 2.17. The molecule has 0 amide bonds. The molecule has 0 bridgehead atoms. The maximum absolute atomic E-state index is 8.75. The van der Waals surface area contributed by atoms with Crippen LogP contribution in [-0.4, -0.2) is 6.21 Å². The second kappa shape index (κ2) is 5.29. The zero-order valence-electron chi connectivity index (χ0n) is 8.97. The van der Waals surface area contributed by atoms with E-state index in [1.807, 2.05) is 42.5 Å². The first kappa shape index (κ1) is 11.4. The number of hydrogen-bond donors (Lipinski definition) is 0. The van der Waals surface area contributed by atoms with E-state index in [0.717, 1.165) is 11.3 Å². The van der Waals surface area contributed by atoms with Gasteiger partial charge in [-0.15, -0.1) is 0 Å². The van der Waals surface area contributed by atoms with E-state index in [0.29, 0.717) is 10.6 Å². The second-order valence-electron chi connectivity index (χ2n) is 3.44. The lowest BCUT2D eigenvalue weighted by molar-refractivity contribution is 1.48. The van der Waals surface area contributed by atoms with Crippen molar-refractivity contribution in [1.29, 1.82) is 5.26 Å². The molecule has 2 aromatic rings. The molecule has 0 aliphatic heterocycles. The summed E-state index contributed by atoms with van der Waals surface area (Å²) < 4.78 is 0. The van der Waals surface area contributed by atoms with Crippen molar-refractivity contribution in [2.45, 2.75) is 0 Å². The Morgan fingerprint density at radius 3 is 2.53 bits per heavy atom. The van der Waals surface area contributed by atoms with E-state index in [-0.39, 0.29) is 0 Å². The number of nitriles is 1. The van der Waals surface area contributed by atoms with Crippen LogP contribution in [0.2, 0.25) is 5.02 Å². The van der Waals surface area contributed by atoms with Crippen molar-refractivity contribution >= 4 is 23.5 Å². The molecule has 2 rings (SSSR count). The molecule has 0 atom stereocenters. The molecule has 0 radical (unpaired) electrons. The number of para-hydroxylation sites is 1. The molecule has 17 heavy (non-hydrogen) atoms. The van der Waals surface area contributed by atoms with E-state index in [1.165, 1.54) is 0 Å². The highest BCUT2D eigenvalue weighted by atomic mass is 35.5. The fourth-order valence-corrected chi connectivity index (χ4v) is 1.60. The topological polar surface area (TPSA) is 36.1 Å². The number of benzene rings is 2. The van der Waals surface area contributed by atoms with E-state index in [4.69, 9.17) is 16.9 Å². The van der Waals surface area contributed by atoms with Crippen LogP contribution in [0.15, 0.2) is 53.5 Å². The lowest BCUT2D eigenvalue weighted by Gasteiger charge is -1.97. The van der Waals surface area contributed by atoms with Gasteiger partial charge in [-0.3, -0.25) is 4.99 Å². The molecule has 0 N–H and O–H groups in total. The van der Waals surface area contributed by atoms with E-state index >= 15 is 0 Å². The first-order valence-corrected chi connectivity index (χ1v) is 5.46. The lowest BCUT2D eigenvalue weighted by Crippen LogP contribution is -1.83. The number of rotatable bonds is 2. The molecule has 0 spiro atoms. The summed E-state index contributed by atoms with van der Waals surface area (Å²) in [6, 6.07) is 16.9. The third-order valence-electron chi connectivity index (χ3n) is 2.23. The Bertz CT molecular complexity index is 583. The van der Waals surface area contributed by atoms with Crippen molar-refractivity contribution in [2.24, 2.45) is 4.99 Å². The number of nitrogens with zero attached hydrogens (tertiary/aromatic N) is 2. The molecular weight excluding hydrogens is 232 g/mol. The summed E-state index contributed by atoms with van der Waals surface area (Å²) in [6.07, 6.45) is 1.72. The third-order valence-corrected chi connectivity index (χ3v) is 2.55. The van der Waals surface area contributed by atoms with Gasteiger partial charge in [0.25, 0.3) is 0 Å². The molecule has 0 saturated carbocycles. The molecule has 2 aromatic carbocycles. The molecule has 3 heteroatoms. The highest BCUT2D eigenvalue weighted by Gasteiger charge is 1.98. The van der Waals surface area contributed by atoms with Crippen molar-refractivity contribution in [3.63, 3.8) is 0 Å². The summed E-state index contributed by atoms with van der Waals surface area (Å²) in [7, 11) is 0. The summed E-state index contributed by atoms with van der Waals surface area (Å²) in [5, 5.41) is 9.20. The van der Waals surface area contributed by atoms with Crippen molar-refractivity contribution < 1.29 is 0 Å². The van der Waals surface area contributed by atoms with Crippen LogP contribution >= 0.6 is 11.6 Å². The Balaban J connectivity index is 2.23. The molecule has 82 valence electrons. The molecule has 0 saturated heterocycles. The molecule has 2 nitrogen and oxygen atoms in total. The fraction of sp³-hybridized carbons (Fsp3) is 0. The van der Waals surface area contributed by atoms with Gasteiger partial charge >= 0.3 is 0 Å². The molecule has 0 aliphatic carbocycles. The van der Waals surface area contributed by atoms with Gasteiger partial charge in [0.2, 0.25) is 0 Å². The molecule has 0 fully saturated rings. The Morgan fingerprint density at radius 2 is 1.88 bits per heavy atom. The first-order valence-electron chi connectivity index (χ1n) is 5.08. The van der Waals surface area contributed by atoms with Gasteiger partial charge in [0, 0.05) is 6.21 Å². The Morgan fingerprint density at radius 1 is 1.12 bits per heavy atom. The maximum atomic E-state index is 8.75. The molecule has 0 heterocycles. The second-order valence-corrected chi connectivity index (χ2v) is 3.85. The first-order chi connectivity index (χ1) is 8.29. The summed E-state index contributed by atoms with van der Waals surface area (Å²) in [5.74, 6) is 0. The van der Waals surface area contributed by atoms with E-state index in [1.54, 1.807) is 18.3 Å². The van der Waals surface area contributed by atoms with Gasteiger partial charge in [0.1, 0.15) is 6.07 Å². The average molecular weight is 241 g/mol. The SMILES string of the molecule is N#Cc1ccc(C=Nc2ccccc2)cc1Cl. The standard InChI is InChI=1S/C14H9ClN2/c15-14-8-11(6-7-12(14)9-16)10-17-13-4-2-1-3-5-13/h1-8,10H. The highest BCUT2D eigenvalue weighted by molar-refractivity contribution is 6.32. The minimum atomic E-state index is 0.449. The molecule has 0 aromatic heterocycles. The van der Waals surface area contributed by atoms with E-state index < -0.39 is 0 Å². The van der Waals surface area contributed by atoms with Crippen LogP contribution in [-0.2, 0) is 0 Å². The average Bonchev–Trinajstić information content (AvgIpc) is 2.38. The molecular formula is C14H9ClN2. The number of halogens is 1. The monoisotopic (exact) mass is 240 g/mol. The molecule has 0 unspecified atom stereocenters. The zero-order chi connectivity index (χ0) is 12.1. The van der Waals surface area contributed by atoms with Crippen LogP contribution in [0, 0.1) is 11.3 Å². The van der Waals surface area contributed by atoms with Crippen LogP contribution in [0.5, 0.6) is 0 Å². The Labute approximate surface area is 105 Å². The minimum Gasteiger partial charge on any atom is -0.256 e. The maximum Gasteiger partial charge on any atom is 0.101 e. The normalized spacial score (nSPS) is 10.4. The van der Waals surface area contributed by atoms with Gasteiger partial charge < -0.3 is 0 Å². The van der Waals surface area contributed by atoms with Gasteiger partial charge in [-0.05, 0) is 29.8 Å². The van der Waals surface area contributed by atoms with Crippen molar-refractivity contribution in [1.82, 2.24) is 0 Å². The lowest BCUT2D eigenvalue weighted by atomic mass is 10.1. The summed E-state index contributed by atoms with van der Waals surface area (Å²) in [5.41, 5.74) is 2.23. The van der Waals surface area contributed by atoms with Crippen molar-refractivity contribution in [3.05, 3.63) is 64.7 Å². The van der Waals surface area contributed by atoms with Crippen molar-refractivity contribution in [3.8, 4) is 6.07 Å². The smallest absolute Gasteiger partial charge is 0.101 e. The van der Waals surface area contributed by atoms with E-state index in [2.05, 4.69) is 4.99 Å². The van der Waals surface area contributed by atoms with Crippen LogP contribution in [0.1, 0.15) is 11.1 Å². The van der Waals surface area contributed by atoms with Crippen LogP contribution in [0.25, 0.3) is 0 Å². The van der Waals surface area contributed by atoms with Gasteiger partial charge in [-0.25, -0.2) is 0 Å². The van der Waals surface area contributed by atoms with Gasteiger partial charge in [-0.1, -0.05) is 35.9 Å². The molecule has 0 aliphatic rings. The van der Waals surface area contributed by atoms with Crippen LogP contribution in [0.3, 0.4) is 0 Å². The van der Waals surface area contributed by atoms with Crippen molar-refractivity contribution in [2.75, 3.05) is 0 Å². The summed E-state index contributed by atoms with van der Waals surface area (Å²) >= 11 is 5.93. The Hall–Kier alpha value is -2.11. The number of aliphatic imine (C=N–C) groups is 1. The van der Waals surface area contributed by atoms with E-state index in [9.17, 15) is 0 Å². The summed E-state index contributed by atoms with van der Waals surface area (Å²) in [6.45, 7) is 0. The zero-order valence-corrected chi connectivity index (χ0v) is 9.72. The minimum absolute atomic E-state index is 0.449. The fourth-order valence-electron chi connectivity index (χ4n) is 1.37. The predicted molar refractivity (Wildman–Crippen MR) is 69.9 cm³/mol. The quantitative estimate of drug-likeness (QED) is 0.732. The largest absolute Gasteiger partial charge is 0.256 e. The van der Waals surface area contributed by atoms with Gasteiger partial charge in [0.05, 0.1) is 16.3 Å². The Kier molecular flexibility index (Phi) is 3.54. The van der Waals surface area contributed by atoms with Crippen LogP contribution in [0.4, 0.5) is 5.69 Å².